The van der Waals surface area contributed by atoms with E-state index in [1.165, 1.54) is 25.3 Å². The van der Waals surface area contributed by atoms with E-state index in [4.69, 9.17) is 11.6 Å². The molecule has 0 aliphatic heterocycles. The predicted molar refractivity (Wildman–Crippen MR) is 77.1 cm³/mol. The monoisotopic (exact) mass is 325 g/mol. The zero-order chi connectivity index (χ0) is 16.3. The smallest absolute Gasteiger partial charge is 0.339 e. The van der Waals surface area contributed by atoms with Gasteiger partial charge < -0.3 is 10.1 Å². The second-order valence-electron chi connectivity index (χ2n) is 4.26. The number of ether oxygens (including phenoxy) is 1. The van der Waals surface area contributed by atoms with E-state index in [-0.39, 0.29) is 21.8 Å². The molecule has 0 spiro atoms. The molecule has 0 saturated carbocycles. The first-order chi connectivity index (χ1) is 10.4. The van der Waals surface area contributed by atoms with Crippen LogP contribution in [-0.2, 0) is 4.74 Å². The molecule has 0 atom stereocenters. The highest BCUT2D eigenvalue weighted by atomic mass is 35.5. The second kappa shape index (κ2) is 6.53. The lowest BCUT2D eigenvalue weighted by molar-refractivity contribution is 0.0600. The normalized spacial score (nSPS) is 10.2. The minimum atomic E-state index is -0.986. The molecule has 0 aromatic heterocycles. The summed E-state index contributed by atoms with van der Waals surface area (Å²) in [6.45, 7) is 0. The minimum Gasteiger partial charge on any atom is -0.465 e. The number of methoxy groups -OCH3 is 1. The second-order valence-corrected chi connectivity index (χ2v) is 4.67. The fourth-order valence-corrected chi connectivity index (χ4v) is 1.94. The van der Waals surface area contributed by atoms with Crippen LogP contribution in [-0.4, -0.2) is 19.0 Å². The Balaban J connectivity index is 2.27. The van der Waals surface area contributed by atoms with Gasteiger partial charge in [0.05, 0.1) is 23.3 Å². The van der Waals surface area contributed by atoms with Gasteiger partial charge in [0.1, 0.15) is 11.6 Å². The van der Waals surface area contributed by atoms with Gasteiger partial charge in [-0.3, -0.25) is 4.79 Å². The topological polar surface area (TPSA) is 55.4 Å². The average Bonchev–Trinajstić information content (AvgIpc) is 2.48. The molecule has 4 nitrogen and oxygen atoms in total. The fraction of sp³-hybridized carbons (Fsp3) is 0.0667. The van der Waals surface area contributed by atoms with Crippen LogP contribution in [0.1, 0.15) is 20.7 Å². The summed E-state index contributed by atoms with van der Waals surface area (Å²) in [5, 5.41) is 2.55. The van der Waals surface area contributed by atoms with Crippen LogP contribution in [0, 0.1) is 11.6 Å². The van der Waals surface area contributed by atoms with E-state index < -0.39 is 23.5 Å². The zero-order valence-electron chi connectivity index (χ0n) is 11.3. The van der Waals surface area contributed by atoms with Crippen LogP contribution >= 0.6 is 11.6 Å². The number of nitrogens with one attached hydrogen (secondary N) is 1. The molecule has 0 aliphatic rings. The summed E-state index contributed by atoms with van der Waals surface area (Å²) in [6, 6.07) is 6.74. The molecule has 1 amide bonds. The highest BCUT2D eigenvalue weighted by Crippen LogP contribution is 2.22. The number of hydrogen-bond donors (Lipinski definition) is 1. The number of anilines is 1. The quantitative estimate of drug-likeness (QED) is 0.876. The van der Waals surface area contributed by atoms with Crippen molar-refractivity contribution in [1.29, 1.82) is 0 Å². The number of rotatable bonds is 3. The van der Waals surface area contributed by atoms with E-state index in [0.29, 0.717) is 6.07 Å². The van der Waals surface area contributed by atoms with Gasteiger partial charge in [0.15, 0.2) is 0 Å². The highest BCUT2D eigenvalue weighted by molar-refractivity contribution is 6.33. The Morgan fingerprint density at radius 3 is 2.45 bits per heavy atom. The average molecular weight is 326 g/mol. The summed E-state index contributed by atoms with van der Waals surface area (Å²) in [5.41, 5.74) is -0.0453. The van der Waals surface area contributed by atoms with E-state index in [1.807, 2.05) is 0 Å². The van der Waals surface area contributed by atoms with Crippen molar-refractivity contribution in [2.24, 2.45) is 0 Å². The lowest BCUT2D eigenvalue weighted by atomic mass is 10.1. The van der Waals surface area contributed by atoms with Gasteiger partial charge in [0.2, 0.25) is 0 Å². The maximum Gasteiger partial charge on any atom is 0.339 e. The summed E-state index contributed by atoms with van der Waals surface area (Å²) < 4.78 is 30.9. The number of amides is 1. The van der Waals surface area contributed by atoms with E-state index in [0.717, 1.165) is 12.1 Å². The molecule has 1 N–H and O–H groups in total. The maximum atomic E-state index is 13.5. The van der Waals surface area contributed by atoms with Crippen LogP contribution < -0.4 is 5.32 Å². The molecule has 2 aromatic rings. The van der Waals surface area contributed by atoms with Crippen molar-refractivity contribution in [1.82, 2.24) is 0 Å². The van der Waals surface area contributed by atoms with Crippen LogP contribution in [0.5, 0.6) is 0 Å². The number of carbonyl (C=O) groups excluding carboxylic acids is 2. The summed E-state index contributed by atoms with van der Waals surface area (Å²) in [5.74, 6) is -3.22. The first kappa shape index (κ1) is 15.9. The van der Waals surface area contributed by atoms with Crippen molar-refractivity contribution >= 4 is 29.2 Å². The molecule has 22 heavy (non-hydrogen) atoms. The summed E-state index contributed by atoms with van der Waals surface area (Å²) >= 11 is 5.85. The zero-order valence-corrected chi connectivity index (χ0v) is 12.1. The molecule has 0 fully saturated rings. The molecular weight excluding hydrogens is 316 g/mol. The van der Waals surface area contributed by atoms with Gasteiger partial charge in [0.25, 0.3) is 5.91 Å². The van der Waals surface area contributed by atoms with Crippen molar-refractivity contribution in [3.05, 3.63) is 64.2 Å². The fourth-order valence-electron chi connectivity index (χ4n) is 1.74. The Kier molecular flexibility index (Phi) is 4.72. The first-order valence-corrected chi connectivity index (χ1v) is 6.44. The van der Waals surface area contributed by atoms with Crippen LogP contribution in [0.4, 0.5) is 14.5 Å². The number of benzene rings is 2. The molecule has 0 saturated heterocycles. The number of halogens is 3. The minimum absolute atomic E-state index is 0.0570. The molecule has 2 aromatic carbocycles. The Bertz CT molecular complexity index is 750. The largest absolute Gasteiger partial charge is 0.465 e. The number of esters is 1. The van der Waals surface area contributed by atoms with Gasteiger partial charge in [-0.2, -0.15) is 0 Å². The van der Waals surface area contributed by atoms with E-state index in [9.17, 15) is 18.4 Å². The molecule has 0 heterocycles. The molecular formula is C15H10ClF2NO3. The van der Waals surface area contributed by atoms with Gasteiger partial charge in [-0.15, -0.1) is 0 Å². The SMILES string of the molecule is COC(=O)c1cc(NC(=O)c2ccc(F)cc2F)ccc1Cl. The third kappa shape index (κ3) is 3.40. The standard InChI is InChI=1S/C15H10ClF2NO3/c1-22-15(21)11-7-9(3-5-12(11)16)19-14(20)10-4-2-8(17)6-13(10)18/h2-7H,1H3,(H,19,20). The summed E-state index contributed by atoms with van der Waals surface area (Å²) in [4.78, 5) is 23.5. The lowest BCUT2D eigenvalue weighted by Gasteiger charge is -2.09. The van der Waals surface area contributed by atoms with Crippen LogP contribution in [0.15, 0.2) is 36.4 Å². The van der Waals surface area contributed by atoms with Crippen molar-refractivity contribution in [3.63, 3.8) is 0 Å². The maximum absolute atomic E-state index is 13.5. The lowest BCUT2D eigenvalue weighted by Crippen LogP contribution is -2.14. The Morgan fingerprint density at radius 1 is 1.09 bits per heavy atom. The third-order valence-corrected chi connectivity index (χ3v) is 3.13. The number of carbonyl (C=O) groups is 2. The summed E-state index contributed by atoms with van der Waals surface area (Å²) in [6.07, 6.45) is 0. The first-order valence-electron chi connectivity index (χ1n) is 6.06. The Labute approximate surface area is 129 Å². The molecule has 0 aliphatic carbocycles. The van der Waals surface area contributed by atoms with Crippen molar-refractivity contribution in [2.75, 3.05) is 12.4 Å². The predicted octanol–water partition coefficient (Wildman–Crippen LogP) is 3.66. The van der Waals surface area contributed by atoms with Crippen LogP contribution in [0.25, 0.3) is 0 Å². The van der Waals surface area contributed by atoms with Gasteiger partial charge in [0, 0.05) is 11.8 Å². The van der Waals surface area contributed by atoms with Gasteiger partial charge >= 0.3 is 5.97 Å². The van der Waals surface area contributed by atoms with Crippen LogP contribution in [0.3, 0.4) is 0 Å². The van der Waals surface area contributed by atoms with E-state index >= 15 is 0 Å². The van der Waals surface area contributed by atoms with Gasteiger partial charge in [-0.25, -0.2) is 13.6 Å². The van der Waals surface area contributed by atoms with Crippen LogP contribution in [0.2, 0.25) is 5.02 Å². The molecule has 0 unspecified atom stereocenters. The number of hydrogen-bond acceptors (Lipinski definition) is 3. The molecule has 0 radical (unpaired) electrons. The third-order valence-electron chi connectivity index (χ3n) is 2.81. The highest BCUT2D eigenvalue weighted by Gasteiger charge is 2.15. The van der Waals surface area contributed by atoms with Gasteiger partial charge in [-0.1, -0.05) is 11.6 Å². The Morgan fingerprint density at radius 2 is 1.82 bits per heavy atom. The van der Waals surface area contributed by atoms with E-state index in [1.54, 1.807) is 0 Å². The molecule has 7 heteroatoms. The van der Waals surface area contributed by atoms with E-state index in [2.05, 4.69) is 10.1 Å². The molecule has 2 rings (SSSR count). The van der Waals surface area contributed by atoms with Gasteiger partial charge in [-0.05, 0) is 30.3 Å². The Hall–Kier alpha value is -2.47. The summed E-state index contributed by atoms with van der Waals surface area (Å²) in [7, 11) is 1.19. The molecule has 0 bridgehead atoms. The van der Waals surface area contributed by atoms with Crippen molar-refractivity contribution < 1.29 is 23.1 Å². The van der Waals surface area contributed by atoms with Crippen molar-refractivity contribution in [3.8, 4) is 0 Å². The van der Waals surface area contributed by atoms with Crippen molar-refractivity contribution in [2.45, 2.75) is 0 Å². The molecule has 114 valence electrons.